The fraction of sp³-hybridized carbons (Fsp3) is 0.707. The fourth-order valence-electron chi connectivity index (χ4n) is 6.84. The highest BCUT2D eigenvalue weighted by Gasteiger charge is 2.13. The van der Waals surface area contributed by atoms with E-state index in [4.69, 9.17) is 0 Å². The molecule has 0 radical (unpaired) electrons. The number of hydrogen-bond acceptors (Lipinski definition) is 4. The van der Waals surface area contributed by atoms with Gasteiger partial charge in [-0.15, -0.1) is 0 Å². The number of unbranched alkanes of at least 4 members (excludes halogenated alkanes) is 6. The minimum atomic E-state index is 0.107. The van der Waals surface area contributed by atoms with E-state index in [0.29, 0.717) is 50.2 Å². The fourth-order valence-corrected chi connectivity index (χ4v) is 6.84. The monoisotopic (exact) mass is 724 g/mol. The van der Waals surface area contributed by atoms with Gasteiger partial charge in [-0.3, -0.25) is 14.4 Å². The summed E-state index contributed by atoms with van der Waals surface area (Å²) in [6.07, 6.45) is 26.4. The molecule has 0 aromatic carbocycles. The maximum Gasteiger partial charge on any atom is 0.253 e. The summed E-state index contributed by atoms with van der Waals surface area (Å²) < 4.78 is 13.2. The van der Waals surface area contributed by atoms with Crippen LogP contribution in [0.15, 0.2) is 37.2 Å². The Hall–Kier alpha value is -3.60. The van der Waals surface area contributed by atoms with Crippen LogP contribution in [0.1, 0.15) is 120 Å². The smallest absolute Gasteiger partial charge is 0.253 e. The number of nitrogens with one attached hydrogen (secondary N) is 1. The molecule has 0 atom stereocenters. The summed E-state index contributed by atoms with van der Waals surface area (Å²) in [6, 6.07) is 0. The number of aryl methyl sites for hydroxylation is 6. The summed E-state index contributed by atoms with van der Waals surface area (Å²) in [5.74, 6) is 4.52. The molecule has 0 aliphatic rings. The largest absolute Gasteiger partial charge is 0.355 e. The lowest BCUT2D eigenvalue weighted by molar-refractivity contribution is -0.677. The standard InChI is InChI=1S/C41H70N8O3/c1-36-43(4)30-33-47(36)26-13-7-10-18-39(50)20-16-24-46(25-17-21-40(51)19-11-8-14-27-48-34-31-44(5)37(48)2)29-23-42-41(52)22-12-9-15-28-49-35-32-45(6)38(49)3/h30-35H,7-29H2,1-6H3/q+2/p+1. The molecule has 0 aliphatic carbocycles. The lowest BCUT2D eigenvalue weighted by atomic mass is 10.1. The van der Waals surface area contributed by atoms with Crippen LogP contribution >= 0.6 is 0 Å². The quantitative estimate of drug-likeness (QED) is 0.0832. The molecule has 11 nitrogen and oxygen atoms in total. The maximum atomic E-state index is 12.7. The van der Waals surface area contributed by atoms with Crippen molar-refractivity contribution in [1.82, 2.24) is 23.9 Å². The van der Waals surface area contributed by atoms with Gasteiger partial charge in [-0.1, -0.05) is 0 Å². The van der Waals surface area contributed by atoms with Crippen LogP contribution < -0.4 is 19.0 Å². The average molecular weight is 724 g/mol. The van der Waals surface area contributed by atoms with Gasteiger partial charge in [0.1, 0.15) is 48.7 Å². The van der Waals surface area contributed by atoms with Gasteiger partial charge < -0.3 is 10.2 Å². The Kier molecular flexibility index (Phi) is 19.6. The Morgan fingerprint density at radius 3 is 1.25 bits per heavy atom. The van der Waals surface area contributed by atoms with Crippen LogP contribution in [0.4, 0.5) is 0 Å². The molecule has 3 aromatic rings. The van der Waals surface area contributed by atoms with Crippen molar-refractivity contribution in [1.29, 1.82) is 0 Å². The number of carbonyl (C=O) groups excluding carboxylic acids is 3. The SMILES string of the molecule is Cc1n(CCCCCC(=O)CCCN(CCCC(=O)CCCCCn2cc[n+](C)c2C)CCNC(=O)CCCCCn2cc[n+](C)c2C)cc[n+]1C. The first-order chi connectivity index (χ1) is 25.0. The Labute approximate surface area is 314 Å². The van der Waals surface area contributed by atoms with E-state index in [0.717, 1.165) is 110 Å². The summed E-state index contributed by atoms with van der Waals surface area (Å²) in [4.78, 5) is 40.3. The van der Waals surface area contributed by atoms with Crippen molar-refractivity contribution < 1.29 is 28.1 Å². The van der Waals surface area contributed by atoms with Crippen LogP contribution in [0.2, 0.25) is 0 Å². The van der Waals surface area contributed by atoms with Crippen molar-refractivity contribution in [2.75, 3.05) is 26.2 Å². The van der Waals surface area contributed by atoms with E-state index in [-0.39, 0.29) is 5.91 Å². The zero-order valence-corrected chi connectivity index (χ0v) is 33.6. The number of ketones is 2. The molecule has 3 rings (SSSR count). The molecule has 11 heteroatoms. The van der Waals surface area contributed by atoms with Gasteiger partial charge in [0.25, 0.3) is 17.5 Å². The topological polar surface area (TPSA) is 92.9 Å². The number of nitrogens with zero attached hydrogens (tertiary/aromatic N) is 7. The van der Waals surface area contributed by atoms with E-state index in [9.17, 15) is 14.4 Å². The highest BCUT2D eigenvalue weighted by Crippen LogP contribution is 2.10. The van der Waals surface area contributed by atoms with E-state index in [1.807, 2.05) is 0 Å². The first-order valence-electron chi connectivity index (χ1n) is 20.1. The number of aromatic nitrogens is 6. The van der Waals surface area contributed by atoms with Crippen molar-refractivity contribution in [3.05, 3.63) is 54.7 Å². The number of Topliss-reactive ketones (excluding diaryl/α,β-unsaturated/α-hetero) is 2. The van der Waals surface area contributed by atoms with Gasteiger partial charge in [0.05, 0.1) is 40.8 Å². The molecule has 0 aliphatic heterocycles. The number of amides is 1. The summed E-state index contributed by atoms with van der Waals surface area (Å²) in [7, 11) is 6.18. The van der Waals surface area contributed by atoms with Gasteiger partial charge in [0, 0.05) is 66.0 Å². The second-order valence-corrected chi connectivity index (χ2v) is 14.9. The molecular weight excluding hydrogens is 653 g/mol. The Morgan fingerprint density at radius 2 is 0.885 bits per heavy atom. The van der Waals surface area contributed by atoms with E-state index in [1.165, 1.54) is 17.5 Å². The van der Waals surface area contributed by atoms with E-state index in [2.05, 4.69) is 117 Å². The number of carbonyl (C=O) groups is 3. The normalized spacial score (nSPS) is 11.5. The summed E-state index contributed by atoms with van der Waals surface area (Å²) >= 11 is 0. The average Bonchev–Trinajstić information content (AvgIpc) is 3.74. The van der Waals surface area contributed by atoms with Crippen LogP contribution in [0.25, 0.3) is 0 Å². The predicted octanol–water partition coefficient (Wildman–Crippen LogP) is 4.69. The minimum Gasteiger partial charge on any atom is -0.355 e. The third-order valence-electron chi connectivity index (χ3n) is 10.8. The van der Waals surface area contributed by atoms with Crippen molar-refractivity contribution in [3.8, 4) is 0 Å². The van der Waals surface area contributed by atoms with Crippen molar-refractivity contribution in [3.63, 3.8) is 0 Å². The van der Waals surface area contributed by atoms with Gasteiger partial charge in [-0.2, -0.15) is 0 Å². The lowest BCUT2D eigenvalue weighted by Crippen LogP contribution is -2.36. The van der Waals surface area contributed by atoms with Crippen LogP contribution in [0, 0.1) is 20.8 Å². The highest BCUT2D eigenvalue weighted by atomic mass is 16.1. The summed E-state index contributed by atoms with van der Waals surface area (Å²) in [6.45, 7) is 12.3. The molecule has 0 fully saturated rings. The molecule has 0 bridgehead atoms. The summed E-state index contributed by atoms with van der Waals surface area (Å²) in [5.41, 5.74) is 0. The second-order valence-electron chi connectivity index (χ2n) is 14.9. The maximum absolute atomic E-state index is 12.7. The molecule has 0 unspecified atom stereocenters. The van der Waals surface area contributed by atoms with E-state index >= 15 is 0 Å². The molecule has 0 saturated carbocycles. The van der Waals surface area contributed by atoms with Crippen molar-refractivity contribution >= 4 is 17.5 Å². The van der Waals surface area contributed by atoms with Crippen LogP contribution in [-0.4, -0.2) is 62.3 Å². The summed E-state index contributed by atoms with van der Waals surface area (Å²) in [5, 5.41) is 3.12. The number of hydrogen-bond donors (Lipinski definition) is 1. The van der Waals surface area contributed by atoms with Crippen LogP contribution in [0.3, 0.4) is 0 Å². The van der Waals surface area contributed by atoms with Crippen molar-refractivity contribution in [2.45, 2.75) is 143 Å². The Morgan fingerprint density at radius 1 is 0.519 bits per heavy atom. The zero-order valence-electron chi connectivity index (χ0n) is 33.6. The molecule has 0 saturated heterocycles. The molecule has 1 N–H and O–H groups in total. The van der Waals surface area contributed by atoms with Crippen molar-refractivity contribution in [2.24, 2.45) is 21.1 Å². The molecular formula is C41H71N8O3+3. The first-order valence-corrected chi connectivity index (χ1v) is 20.1. The predicted molar refractivity (Wildman–Crippen MR) is 204 cm³/mol. The molecule has 3 heterocycles. The number of rotatable bonds is 29. The highest BCUT2D eigenvalue weighted by molar-refractivity contribution is 5.78. The first kappa shape index (κ1) is 42.8. The van der Waals surface area contributed by atoms with Gasteiger partial charge in [-0.05, 0) is 83.7 Å². The Balaban J connectivity index is 1.31. The second kappa shape index (κ2) is 23.9. The Bertz CT molecular complexity index is 1330. The number of imidazole rings is 3. The molecule has 290 valence electrons. The molecule has 3 aromatic heterocycles. The minimum absolute atomic E-state index is 0.107. The van der Waals surface area contributed by atoms with Gasteiger partial charge >= 0.3 is 0 Å². The van der Waals surface area contributed by atoms with Gasteiger partial charge in [0.2, 0.25) is 5.91 Å². The third-order valence-corrected chi connectivity index (χ3v) is 10.8. The third kappa shape index (κ3) is 16.0. The lowest BCUT2D eigenvalue weighted by Gasteiger charge is -2.22. The van der Waals surface area contributed by atoms with Crippen LogP contribution in [-0.2, 0) is 55.2 Å². The van der Waals surface area contributed by atoms with E-state index < -0.39 is 0 Å². The molecule has 1 amide bonds. The molecule has 52 heavy (non-hydrogen) atoms. The van der Waals surface area contributed by atoms with Gasteiger partial charge in [-0.25, -0.2) is 27.4 Å². The zero-order chi connectivity index (χ0) is 37.7. The van der Waals surface area contributed by atoms with E-state index in [1.54, 1.807) is 0 Å². The van der Waals surface area contributed by atoms with Gasteiger partial charge in [0.15, 0.2) is 0 Å². The van der Waals surface area contributed by atoms with Crippen LogP contribution in [0.5, 0.6) is 0 Å². The molecule has 0 spiro atoms.